The molecular formula is C9H20ClN. The van der Waals surface area contributed by atoms with Crippen LogP contribution in [0.25, 0.3) is 0 Å². The number of halogens is 1. The molecule has 0 spiro atoms. The van der Waals surface area contributed by atoms with E-state index in [-0.39, 0.29) is 12.4 Å². The maximum Gasteiger partial charge on any atom is -0.00463 e. The van der Waals surface area contributed by atoms with E-state index in [2.05, 4.69) is 20.4 Å². The molecule has 68 valence electrons. The molecule has 0 aromatic heterocycles. The Balaban J connectivity index is 0. The van der Waals surface area contributed by atoms with Gasteiger partial charge in [0.25, 0.3) is 0 Å². The minimum atomic E-state index is 0. The van der Waals surface area contributed by atoms with Crippen LogP contribution in [0.5, 0.6) is 0 Å². The Kier molecular flexibility index (Phi) is 9.98. The summed E-state index contributed by atoms with van der Waals surface area (Å²) in [5.41, 5.74) is 5.58. The van der Waals surface area contributed by atoms with E-state index in [1.807, 2.05) is 6.08 Å². The van der Waals surface area contributed by atoms with Crippen LogP contribution in [0.3, 0.4) is 0 Å². The monoisotopic (exact) mass is 177 g/mol. The Hall–Kier alpha value is -0.0100. The third-order valence-corrected chi connectivity index (χ3v) is 1.99. The first-order chi connectivity index (χ1) is 4.72. The molecule has 0 saturated carbocycles. The van der Waals surface area contributed by atoms with Crippen molar-refractivity contribution in [3.8, 4) is 0 Å². The standard InChI is InChI=1S/C9H19N.ClH/c1-4-5-6-9(7-10)8(2)3;/h4,8-9H,1,5-7,10H2,2-3H3;1H. The van der Waals surface area contributed by atoms with Gasteiger partial charge in [-0.15, -0.1) is 19.0 Å². The van der Waals surface area contributed by atoms with Crippen LogP contribution in [0.1, 0.15) is 26.7 Å². The quantitative estimate of drug-likeness (QED) is 0.642. The summed E-state index contributed by atoms with van der Waals surface area (Å²) >= 11 is 0. The van der Waals surface area contributed by atoms with Crippen LogP contribution in [0.2, 0.25) is 0 Å². The summed E-state index contributed by atoms with van der Waals surface area (Å²) < 4.78 is 0. The van der Waals surface area contributed by atoms with Gasteiger partial charge in [-0.3, -0.25) is 0 Å². The molecule has 0 aromatic rings. The van der Waals surface area contributed by atoms with Gasteiger partial charge in [0, 0.05) is 0 Å². The average molecular weight is 178 g/mol. The molecule has 11 heavy (non-hydrogen) atoms. The van der Waals surface area contributed by atoms with Crippen molar-refractivity contribution in [2.75, 3.05) is 6.54 Å². The van der Waals surface area contributed by atoms with Gasteiger partial charge in [-0.2, -0.15) is 0 Å². The van der Waals surface area contributed by atoms with Crippen molar-refractivity contribution in [1.82, 2.24) is 0 Å². The van der Waals surface area contributed by atoms with Gasteiger partial charge in [0.05, 0.1) is 0 Å². The van der Waals surface area contributed by atoms with Crippen molar-refractivity contribution in [2.45, 2.75) is 26.7 Å². The molecule has 0 bridgehead atoms. The maximum atomic E-state index is 5.58. The molecule has 0 aromatic carbocycles. The molecule has 2 N–H and O–H groups in total. The highest BCUT2D eigenvalue weighted by Gasteiger charge is 2.08. The highest BCUT2D eigenvalue weighted by atomic mass is 35.5. The summed E-state index contributed by atoms with van der Waals surface area (Å²) in [6.45, 7) is 8.94. The number of nitrogens with two attached hydrogens (primary N) is 1. The molecule has 0 radical (unpaired) electrons. The van der Waals surface area contributed by atoms with E-state index in [4.69, 9.17) is 5.73 Å². The van der Waals surface area contributed by atoms with Crippen LogP contribution in [-0.2, 0) is 0 Å². The van der Waals surface area contributed by atoms with Gasteiger partial charge in [-0.05, 0) is 31.2 Å². The zero-order valence-electron chi connectivity index (χ0n) is 7.55. The first kappa shape index (κ1) is 13.6. The Morgan fingerprint density at radius 3 is 2.27 bits per heavy atom. The van der Waals surface area contributed by atoms with Crippen LogP contribution in [-0.4, -0.2) is 6.54 Å². The minimum Gasteiger partial charge on any atom is -0.330 e. The summed E-state index contributed by atoms with van der Waals surface area (Å²) in [4.78, 5) is 0. The largest absolute Gasteiger partial charge is 0.330 e. The molecule has 1 nitrogen and oxygen atoms in total. The molecule has 0 saturated heterocycles. The van der Waals surface area contributed by atoms with E-state index in [1.54, 1.807) is 0 Å². The molecule has 0 heterocycles. The Morgan fingerprint density at radius 1 is 1.45 bits per heavy atom. The highest BCUT2D eigenvalue weighted by molar-refractivity contribution is 5.85. The number of allylic oxidation sites excluding steroid dienone is 1. The van der Waals surface area contributed by atoms with E-state index in [1.165, 1.54) is 6.42 Å². The second kappa shape index (κ2) is 8.09. The van der Waals surface area contributed by atoms with Crippen molar-refractivity contribution >= 4 is 12.4 Å². The fraction of sp³-hybridized carbons (Fsp3) is 0.778. The van der Waals surface area contributed by atoms with Gasteiger partial charge in [-0.25, -0.2) is 0 Å². The molecule has 0 fully saturated rings. The Morgan fingerprint density at radius 2 is 2.00 bits per heavy atom. The van der Waals surface area contributed by atoms with Crippen LogP contribution in [0, 0.1) is 11.8 Å². The third-order valence-electron chi connectivity index (χ3n) is 1.99. The van der Waals surface area contributed by atoms with Gasteiger partial charge < -0.3 is 5.73 Å². The predicted octanol–water partition coefficient (Wildman–Crippen LogP) is 2.61. The fourth-order valence-corrected chi connectivity index (χ4v) is 1.06. The van der Waals surface area contributed by atoms with E-state index < -0.39 is 0 Å². The van der Waals surface area contributed by atoms with Crippen LogP contribution >= 0.6 is 12.4 Å². The van der Waals surface area contributed by atoms with Crippen molar-refractivity contribution in [3.05, 3.63) is 12.7 Å². The molecule has 1 unspecified atom stereocenters. The van der Waals surface area contributed by atoms with Gasteiger partial charge in [0.15, 0.2) is 0 Å². The number of hydrogen-bond acceptors (Lipinski definition) is 1. The van der Waals surface area contributed by atoms with Crippen LogP contribution < -0.4 is 5.73 Å². The highest BCUT2D eigenvalue weighted by Crippen LogP contribution is 2.15. The summed E-state index contributed by atoms with van der Waals surface area (Å²) in [6, 6.07) is 0. The lowest BCUT2D eigenvalue weighted by molar-refractivity contribution is 0.371. The summed E-state index contributed by atoms with van der Waals surface area (Å²) in [5, 5.41) is 0. The van der Waals surface area contributed by atoms with Crippen molar-refractivity contribution in [3.63, 3.8) is 0 Å². The summed E-state index contributed by atoms with van der Waals surface area (Å²) in [6.07, 6.45) is 4.25. The van der Waals surface area contributed by atoms with Gasteiger partial charge in [0.2, 0.25) is 0 Å². The molecule has 0 amide bonds. The first-order valence-corrected chi connectivity index (χ1v) is 4.03. The molecule has 2 heteroatoms. The van der Waals surface area contributed by atoms with Crippen molar-refractivity contribution < 1.29 is 0 Å². The number of rotatable bonds is 5. The van der Waals surface area contributed by atoms with Crippen molar-refractivity contribution in [1.29, 1.82) is 0 Å². The second-order valence-electron chi connectivity index (χ2n) is 3.11. The molecular weight excluding hydrogens is 158 g/mol. The normalized spacial score (nSPS) is 12.4. The molecule has 0 aliphatic heterocycles. The Bertz CT molecular complexity index is 91.6. The van der Waals surface area contributed by atoms with Crippen LogP contribution in [0.4, 0.5) is 0 Å². The molecule has 0 aliphatic rings. The number of hydrogen-bond donors (Lipinski definition) is 1. The zero-order valence-corrected chi connectivity index (χ0v) is 8.36. The van der Waals surface area contributed by atoms with E-state index >= 15 is 0 Å². The fourth-order valence-electron chi connectivity index (χ4n) is 1.06. The van der Waals surface area contributed by atoms with Crippen LogP contribution in [0.15, 0.2) is 12.7 Å². The van der Waals surface area contributed by atoms with Gasteiger partial charge in [0.1, 0.15) is 0 Å². The van der Waals surface area contributed by atoms with E-state index in [9.17, 15) is 0 Å². The first-order valence-electron chi connectivity index (χ1n) is 4.03. The van der Waals surface area contributed by atoms with Gasteiger partial charge in [-0.1, -0.05) is 19.9 Å². The average Bonchev–Trinajstić information content (AvgIpc) is 1.89. The minimum absolute atomic E-state index is 0. The molecule has 1 atom stereocenters. The topological polar surface area (TPSA) is 26.0 Å². The third kappa shape index (κ3) is 6.39. The predicted molar refractivity (Wildman–Crippen MR) is 54.1 cm³/mol. The lowest BCUT2D eigenvalue weighted by atomic mass is 9.91. The summed E-state index contributed by atoms with van der Waals surface area (Å²) in [7, 11) is 0. The van der Waals surface area contributed by atoms with E-state index in [0.717, 1.165) is 13.0 Å². The SMILES string of the molecule is C=CCCC(CN)C(C)C.Cl. The molecule has 0 aliphatic carbocycles. The van der Waals surface area contributed by atoms with Gasteiger partial charge >= 0.3 is 0 Å². The zero-order chi connectivity index (χ0) is 7.98. The molecule has 0 rings (SSSR count). The maximum absolute atomic E-state index is 5.58. The Labute approximate surface area is 76.5 Å². The van der Waals surface area contributed by atoms with Crippen molar-refractivity contribution in [2.24, 2.45) is 17.6 Å². The lowest BCUT2D eigenvalue weighted by Gasteiger charge is -2.17. The van der Waals surface area contributed by atoms with E-state index in [0.29, 0.717) is 11.8 Å². The summed E-state index contributed by atoms with van der Waals surface area (Å²) in [5.74, 6) is 1.39. The second-order valence-corrected chi connectivity index (χ2v) is 3.11. The lowest BCUT2D eigenvalue weighted by Crippen LogP contribution is -2.19. The smallest absolute Gasteiger partial charge is 0.00463 e.